The Labute approximate surface area is 129 Å². The molecule has 1 heterocycles. The molecule has 0 unspecified atom stereocenters. The van der Waals surface area contributed by atoms with Crippen LogP contribution in [-0.4, -0.2) is 13.4 Å². The van der Waals surface area contributed by atoms with Gasteiger partial charge in [0.15, 0.2) is 0 Å². The third-order valence-corrected chi connectivity index (χ3v) is 4.90. The number of nitriles is 1. The highest BCUT2D eigenvalue weighted by atomic mass is 79.9. The van der Waals surface area contributed by atoms with Crippen LogP contribution >= 0.6 is 27.5 Å². The number of nitrogens with zero attached hydrogens (tertiary/aromatic N) is 2. The zero-order valence-electron chi connectivity index (χ0n) is 9.84. The van der Waals surface area contributed by atoms with Crippen LogP contribution in [0.5, 0.6) is 0 Å². The molecule has 0 aliphatic carbocycles. The van der Waals surface area contributed by atoms with Crippen LogP contribution in [0, 0.1) is 11.3 Å². The summed E-state index contributed by atoms with van der Waals surface area (Å²) in [6, 6.07) is 9.06. The van der Waals surface area contributed by atoms with Crippen molar-refractivity contribution in [1.29, 1.82) is 5.26 Å². The van der Waals surface area contributed by atoms with Crippen LogP contribution in [0.3, 0.4) is 0 Å². The van der Waals surface area contributed by atoms with Gasteiger partial charge in [0.05, 0.1) is 15.5 Å². The minimum Gasteiger partial charge on any atom is -0.263 e. The van der Waals surface area contributed by atoms with E-state index in [2.05, 4.69) is 25.6 Å². The molecule has 2 rings (SSSR count). The van der Waals surface area contributed by atoms with Gasteiger partial charge in [0.25, 0.3) is 10.0 Å². The molecule has 0 amide bonds. The Morgan fingerprint density at radius 1 is 1.30 bits per heavy atom. The molecule has 0 aliphatic rings. The highest BCUT2D eigenvalue weighted by molar-refractivity contribution is 9.10. The van der Waals surface area contributed by atoms with Crippen LogP contribution in [0.15, 0.2) is 45.9 Å². The molecule has 0 saturated heterocycles. The van der Waals surface area contributed by atoms with Gasteiger partial charge in [-0.25, -0.2) is 13.4 Å². The van der Waals surface area contributed by atoms with E-state index in [4.69, 9.17) is 16.9 Å². The summed E-state index contributed by atoms with van der Waals surface area (Å²) < 4.78 is 27.1. The molecule has 0 atom stereocenters. The van der Waals surface area contributed by atoms with Crippen molar-refractivity contribution in [3.05, 3.63) is 51.6 Å². The molecule has 1 aromatic heterocycles. The number of rotatable bonds is 3. The van der Waals surface area contributed by atoms with E-state index in [0.29, 0.717) is 15.1 Å². The lowest BCUT2D eigenvalue weighted by atomic mass is 10.3. The fourth-order valence-electron chi connectivity index (χ4n) is 1.36. The molecule has 0 aliphatic heterocycles. The van der Waals surface area contributed by atoms with Gasteiger partial charge in [-0.1, -0.05) is 11.6 Å². The fourth-order valence-corrected chi connectivity index (χ4v) is 3.04. The average molecular weight is 373 g/mol. The molecular formula is C12H7BrClN3O2S. The normalized spacial score (nSPS) is 10.8. The number of hydrogen-bond donors (Lipinski definition) is 1. The molecular weight excluding hydrogens is 366 g/mol. The van der Waals surface area contributed by atoms with E-state index in [1.807, 2.05) is 6.07 Å². The second kappa shape index (κ2) is 5.79. The highest BCUT2D eigenvalue weighted by Crippen LogP contribution is 2.26. The largest absolute Gasteiger partial charge is 0.263 e. The lowest BCUT2D eigenvalue weighted by Crippen LogP contribution is -2.13. The Kier molecular flexibility index (Phi) is 4.28. The maximum absolute atomic E-state index is 12.1. The molecule has 1 N–H and O–H groups in total. The number of halogens is 2. The quantitative estimate of drug-likeness (QED) is 0.897. The van der Waals surface area contributed by atoms with Crippen LogP contribution in [0.25, 0.3) is 0 Å². The first-order chi connectivity index (χ1) is 9.42. The third-order valence-electron chi connectivity index (χ3n) is 2.33. The predicted octanol–water partition coefficient (Wildman–Crippen LogP) is 3.17. The van der Waals surface area contributed by atoms with E-state index >= 15 is 0 Å². The fraction of sp³-hybridized carbons (Fsp3) is 0. The number of sulfonamides is 1. The number of pyridine rings is 1. The van der Waals surface area contributed by atoms with Gasteiger partial charge in [-0.2, -0.15) is 5.26 Å². The molecule has 1 aromatic carbocycles. The van der Waals surface area contributed by atoms with Gasteiger partial charge in [-0.15, -0.1) is 0 Å². The van der Waals surface area contributed by atoms with Gasteiger partial charge in [-0.05, 0) is 46.3 Å². The first-order valence-corrected chi connectivity index (χ1v) is 7.92. The summed E-state index contributed by atoms with van der Waals surface area (Å²) in [4.78, 5) is 3.91. The second-order valence-electron chi connectivity index (χ2n) is 3.73. The first-order valence-electron chi connectivity index (χ1n) is 5.26. The van der Waals surface area contributed by atoms with Gasteiger partial charge in [0.2, 0.25) is 0 Å². The minimum absolute atomic E-state index is 0.0555. The summed E-state index contributed by atoms with van der Waals surface area (Å²) in [5, 5.41) is 9.07. The average Bonchev–Trinajstić information content (AvgIpc) is 2.42. The molecule has 20 heavy (non-hydrogen) atoms. The standard InChI is InChI=1S/C12H7BrClN3O2S/c13-10-5-9(2-3-11(10)14)20(18,19)17-12-4-1-8(6-15)7-16-12/h1-5,7H,(H,16,17). The smallest absolute Gasteiger partial charge is 0.263 e. The molecule has 0 saturated carbocycles. The van der Waals surface area contributed by atoms with Crippen LogP contribution in [0.2, 0.25) is 5.02 Å². The van der Waals surface area contributed by atoms with Crippen molar-refractivity contribution in [3.63, 3.8) is 0 Å². The van der Waals surface area contributed by atoms with E-state index in [9.17, 15) is 8.42 Å². The van der Waals surface area contributed by atoms with Crippen molar-refractivity contribution in [2.24, 2.45) is 0 Å². The Hall–Kier alpha value is -1.62. The number of aromatic nitrogens is 1. The zero-order chi connectivity index (χ0) is 14.8. The monoisotopic (exact) mass is 371 g/mol. The molecule has 0 radical (unpaired) electrons. The van der Waals surface area contributed by atoms with Crippen molar-refractivity contribution in [1.82, 2.24) is 4.98 Å². The summed E-state index contributed by atoms with van der Waals surface area (Å²) in [6.07, 6.45) is 1.29. The predicted molar refractivity (Wildman–Crippen MR) is 78.9 cm³/mol. The van der Waals surface area contributed by atoms with E-state index in [1.54, 1.807) is 0 Å². The van der Waals surface area contributed by atoms with Crippen LogP contribution in [-0.2, 0) is 10.0 Å². The van der Waals surface area contributed by atoms with E-state index < -0.39 is 10.0 Å². The van der Waals surface area contributed by atoms with Gasteiger partial charge < -0.3 is 0 Å². The van der Waals surface area contributed by atoms with Crippen LogP contribution < -0.4 is 4.72 Å². The highest BCUT2D eigenvalue weighted by Gasteiger charge is 2.16. The van der Waals surface area contributed by atoms with E-state index in [1.165, 1.54) is 36.5 Å². The molecule has 8 heteroatoms. The molecule has 5 nitrogen and oxygen atoms in total. The lowest BCUT2D eigenvalue weighted by molar-refractivity contribution is 0.601. The topological polar surface area (TPSA) is 82.9 Å². The van der Waals surface area contributed by atoms with Crippen molar-refractivity contribution in [2.45, 2.75) is 4.90 Å². The summed E-state index contributed by atoms with van der Waals surface area (Å²) in [6.45, 7) is 0. The van der Waals surface area contributed by atoms with E-state index in [-0.39, 0.29) is 10.7 Å². The summed E-state index contributed by atoms with van der Waals surface area (Å²) in [5.41, 5.74) is 0.349. The Bertz CT molecular complexity index is 785. The molecule has 102 valence electrons. The van der Waals surface area contributed by atoms with Crippen molar-refractivity contribution < 1.29 is 8.42 Å². The molecule has 0 bridgehead atoms. The molecule has 0 fully saturated rings. The number of nitrogens with one attached hydrogen (secondary N) is 1. The molecule has 2 aromatic rings. The summed E-state index contributed by atoms with van der Waals surface area (Å²) in [7, 11) is -3.76. The third kappa shape index (κ3) is 3.28. The van der Waals surface area contributed by atoms with Gasteiger partial charge in [0, 0.05) is 10.7 Å². The van der Waals surface area contributed by atoms with E-state index in [0.717, 1.165) is 0 Å². The van der Waals surface area contributed by atoms with Gasteiger partial charge in [0.1, 0.15) is 11.9 Å². The van der Waals surface area contributed by atoms with Gasteiger partial charge >= 0.3 is 0 Å². The first kappa shape index (κ1) is 14.8. The van der Waals surface area contributed by atoms with Crippen LogP contribution in [0.1, 0.15) is 5.56 Å². The van der Waals surface area contributed by atoms with Crippen molar-refractivity contribution in [2.75, 3.05) is 4.72 Å². The Morgan fingerprint density at radius 3 is 2.60 bits per heavy atom. The maximum Gasteiger partial charge on any atom is 0.263 e. The Morgan fingerprint density at radius 2 is 2.05 bits per heavy atom. The Balaban J connectivity index is 2.30. The second-order valence-corrected chi connectivity index (χ2v) is 6.67. The van der Waals surface area contributed by atoms with Crippen molar-refractivity contribution >= 4 is 43.4 Å². The number of anilines is 1. The minimum atomic E-state index is -3.76. The van der Waals surface area contributed by atoms with Crippen LogP contribution in [0.4, 0.5) is 5.82 Å². The SMILES string of the molecule is N#Cc1ccc(NS(=O)(=O)c2ccc(Cl)c(Br)c2)nc1. The molecule has 0 spiro atoms. The van der Waals surface area contributed by atoms with Gasteiger partial charge in [-0.3, -0.25) is 4.72 Å². The zero-order valence-corrected chi connectivity index (χ0v) is 13.0. The lowest BCUT2D eigenvalue weighted by Gasteiger charge is -2.08. The summed E-state index contributed by atoms with van der Waals surface area (Å²) >= 11 is 8.99. The maximum atomic E-state index is 12.1. The number of benzene rings is 1. The number of hydrogen-bond acceptors (Lipinski definition) is 4. The summed E-state index contributed by atoms with van der Waals surface area (Å²) in [5.74, 6) is 0.134. The van der Waals surface area contributed by atoms with Crippen molar-refractivity contribution in [3.8, 4) is 6.07 Å².